The van der Waals surface area contributed by atoms with Crippen LogP contribution in [0.25, 0.3) is 0 Å². The molecule has 0 aromatic carbocycles. The van der Waals surface area contributed by atoms with Gasteiger partial charge < -0.3 is 20.1 Å². The van der Waals surface area contributed by atoms with Gasteiger partial charge in [-0.05, 0) is 45.2 Å². The summed E-state index contributed by atoms with van der Waals surface area (Å²) >= 11 is 1.09. The van der Waals surface area contributed by atoms with E-state index in [2.05, 4.69) is 23.5 Å². The van der Waals surface area contributed by atoms with Crippen molar-refractivity contribution < 1.29 is 29.0 Å². The third-order valence-electron chi connectivity index (χ3n) is 8.04. The number of rotatable bonds is 18. The van der Waals surface area contributed by atoms with Crippen molar-refractivity contribution in [1.29, 1.82) is 0 Å². The average Bonchev–Trinajstić information content (AvgIpc) is 3.42. The van der Waals surface area contributed by atoms with Crippen LogP contribution in [0.4, 0.5) is 0 Å². The maximum atomic E-state index is 14.2. The number of hydrogen-bond donors (Lipinski definition) is 2. The van der Waals surface area contributed by atoms with Gasteiger partial charge in [0, 0.05) is 37.5 Å². The maximum Gasteiger partial charge on any atom is 0.355 e. The van der Waals surface area contributed by atoms with Gasteiger partial charge in [-0.3, -0.25) is 19.3 Å². The molecule has 0 aliphatic carbocycles. The van der Waals surface area contributed by atoms with Gasteiger partial charge in [0.2, 0.25) is 11.8 Å². The Morgan fingerprint density at radius 3 is 2.21 bits per heavy atom. The van der Waals surface area contributed by atoms with Crippen LogP contribution in [0, 0.1) is 17.8 Å². The molecule has 1 unspecified atom stereocenters. The largest absolute Gasteiger partial charge is 0.476 e. The Labute approximate surface area is 255 Å². The lowest BCUT2D eigenvalue weighted by Crippen LogP contribution is -2.56. The zero-order valence-electron chi connectivity index (χ0n) is 26.7. The van der Waals surface area contributed by atoms with E-state index in [1.54, 1.807) is 18.0 Å². The summed E-state index contributed by atoms with van der Waals surface area (Å²) in [6, 6.07) is -0.413. The van der Waals surface area contributed by atoms with Crippen molar-refractivity contribution in [2.45, 2.75) is 91.3 Å². The van der Waals surface area contributed by atoms with Gasteiger partial charge in [-0.2, -0.15) is 0 Å². The van der Waals surface area contributed by atoms with Gasteiger partial charge in [-0.1, -0.05) is 53.7 Å². The number of carbonyl (C=O) groups is 4. The van der Waals surface area contributed by atoms with Gasteiger partial charge in [0.1, 0.15) is 5.01 Å². The van der Waals surface area contributed by atoms with E-state index in [1.165, 1.54) is 12.3 Å². The monoisotopic (exact) mass is 606 g/mol. The van der Waals surface area contributed by atoms with E-state index in [0.717, 1.165) is 17.8 Å². The Hall–Kier alpha value is -3.05. The van der Waals surface area contributed by atoms with Crippen LogP contribution in [0.1, 0.15) is 95.2 Å². The number of allylic oxidation sites excluding steroid dienone is 1. The smallest absolute Gasteiger partial charge is 0.355 e. The summed E-state index contributed by atoms with van der Waals surface area (Å²) < 4.78 is 5.57. The molecule has 1 rings (SSSR count). The molecule has 0 bridgehead atoms. The predicted octanol–water partition coefficient (Wildman–Crippen LogP) is 5.29. The normalized spacial score (nSPS) is 15.7. The fourth-order valence-corrected chi connectivity index (χ4v) is 6.32. The number of amides is 2. The highest BCUT2D eigenvalue weighted by atomic mass is 32.1. The number of nitrogens with zero attached hydrogens (tertiary/aromatic N) is 3. The summed E-state index contributed by atoms with van der Waals surface area (Å²) in [5.74, 6) is -3.28. The molecule has 2 amide bonds. The highest BCUT2D eigenvalue weighted by molar-refractivity contribution is 7.09. The molecule has 1 aromatic rings. The van der Waals surface area contributed by atoms with E-state index in [1.807, 2.05) is 53.6 Å². The molecule has 0 radical (unpaired) electrons. The predicted molar refractivity (Wildman–Crippen MR) is 166 cm³/mol. The number of aromatic nitrogens is 1. The number of esters is 1. The number of carboxylic acid groups (broad SMARTS) is 1. The van der Waals surface area contributed by atoms with Crippen molar-refractivity contribution in [3.05, 3.63) is 41.0 Å². The molecular formula is C31H50N4O6S. The first-order valence-electron chi connectivity index (χ1n) is 14.5. The molecule has 11 heteroatoms. The zero-order valence-corrected chi connectivity index (χ0v) is 27.5. The number of hydrogen-bond acceptors (Lipinski definition) is 8. The molecular weight excluding hydrogens is 556 g/mol. The molecule has 0 fully saturated rings. The van der Waals surface area contributed by atoms with Gasteiger partial charge in [0.05, 0.1) is 11.5 Å². The van der Waals surface area contributed by atoms with Crippen LogP contribution in [0.15, 0.2) is 30.3 Å². The van der Waals surface area contributed by atoms with Gasteiger partial charge >= 0.3 is 11.9 Å². The summed E-state index contributed by atoms with van der Waals surface area (Å²) in [4.78, 5) is 59.0. The first-order valence-corrected chi connectivity index (χ1v) is 15.4. The zero-order chi connectivity index (χ0) is 32.4. The Balaban J connectivity index is 3.43. The lowest BCUT2D eigenvalue weighted by molar-refractivity contribution is -0.148. The van der Waals surface area contributed by atoms with E-state index in [0.29, 0.717) is 30.0 Å². The fraction of sp³-hybridized carbons (Fsp3) is 0.645. The van der Waals surface area contributed by atoms with Gasteiger partial charge in [0.25, 0.3) is 0 Å². The number of thiazole rings is 1. The highest BCUT2D eigenvalue weighted by Crippen LogP contribution is 2.33. The quantitative estimate of drug-likeness (QED) is 0.170. The second kappa shape index (κ2) is 16.6. The third-order valence-corrected chi connectivity index (χ3v) is 8.98. The van der Waals surface area contributed by atoms with E-state index in [9.17, 15) is 24.3 Å². The van der Waals surface area contributed by atoms with E-state index in [4.69, 9.17) is 4.74 Å². The molecule has 5 atom stereocenters. The Morgan fingerprint density at radius 1 is 1.19 bits per heavy atom. The molecule has 1 aromatic heterocycles. The SMILES string of the molecule is C=C[C@@H](CC)[C@H](C(=C)NC(=O)C(CC)(CCC)N(C)C)C(=O)N(C)[C@H](C[C@@H](OC(C)=O)c1nc(C(=O)O)cs1)C(C)C. The Kier molecular flexibility index (Phi) is 14.6. The van der Waals surface area contributed by atoms with Crippen molar-refractivity contribution >= 4 is 35.1 Å². The first kappa shape index (κ1) is 37.0. The van der Waals surface area contributed by atoms with Crippen LogP contribution in [-0.2, 0) is 19.1 Å². The van der Waals surface area contributed by atoms with Gasteiger partial charge in [0.15, 0.2) is 11.8 Å². The third kappa shape index (κ3) is 8.97. The molecule has 42 heavy (non-hydrogen) atoms. The molecule has 0 aliphatic rings. The molecule has 0 saturated heterocycles. The molecule has 0 spiro atoms. The minimum atomic E-state index is -1.18. The summed E-state index contributed by atoms with van der Waals surface area (Å²) in [5, 5.41) is 14.1. The Bertz CT molecular complexity index is 1120. The fourth-order valence-electron chi connectivity index (χ4n) is 5.49. The van der Waals surface area contributed by atoms with E-state index >= 15 is 0 Å². The summed E-state index contributed by atoms with van der Waals surface area (Å²) in [6.45, 7) is 19.3. The number of aromatic carboxylic acids is 1. The second-order valence-corrected chi connectivity index (χ2v) is 12.2. The average molecular weight is 607 g/mol. The molecule has 10 nitrogen and oxygen atoms in total. The molecule has 236 valence electrons. The van der Waals surface area contributed by atoms with Crippen LogP contribution in [-0.4, -0.2) is 76.4 Å². The standard InChI is InChI=1S/C31H50N4O6S/c1-12-16-31(15-4,34(9)10)30(40)32-20(7)26(22(13-2)14-3)28(37)35(11)24(19(5)6)17-25(41-21(8)36)27-33-23(18-42-27)29(38)39/h13,18-19,22,24-26H,2,7,12,14-17H2,1,3-6,8-11H3,(H,32,40)(H,38,39)/t22-,24+,25+,26-,31?/m0/s1. The minimum Gasteiger partial charge on any atom is -0.476 e. The Morgan fingerprint density at radius 2 is 1.81 bits per heavy atom. The van der Waals surface area contributed by atoms with Gasteiger partial charge in [-0.15, -0.1) is 17.9 Å². The highest BCUT2D eigenvalue weighted by Gasteiger charge is 2.41. The number of nitrogens with one attached hydrogen (secondary N) is 1. The summed E-state index contributed by atoms with van der Waals surface area (Å²) in [5.41, 5.74) is -0.567. The van der Waals surface area contributed by atoms with Crippen LogP contribution in [0.3, 0.4) is 0 Å². The van der Waals surface area contributed by atoms with Crippen molar-refractivity contribution in [2.24, 2.45) is 17.8 Å². The number of likely N-dealkylation sites (N-methyl/N-ethyl adjacent to an activating group) is 1. The molecule has 0 saturated carbocycles. The summed E-state index contributed by atoms with van der Waals surface area (Å²) in [7, 11) is 5.45. The summed E-state index contributed by atoms with van der Waals surface area (Å²) in [6.07, 6.45) is 3.74. The van der Waals surface area contributed by atoms with Crippen molar-refractivity contribution in [3.63, 3.8) is 0 Å². The topological polar surface area (TPSA) is 129 Å². The number of carbonyl (C=O) groups excluding carboxylic acids is 3. The number of ether oxygens (including phenoxy) is 1. The van der Waals surface area contributed by atoms with Crippen LogP contribution in [0.2, 0.25) is 0 Å². The maximum absolute atomic E-state index is 14.2. The lowest BCUT2D eigenvalue weighted by atomic mass is 9.84. The minimum absolute atomic E-state index is 0.0609. The van der Waals surface area contributed by atoms with Crippen molar-refractivity contribution in [1.82, 2.24) is 20.1 Å². The van der Waals surface area contributed by atoms with E-state index < -0.39 is 35.5 Å². The van der Waals surface area contributed by atoms with Gasteiger partial charge in [-0.25, -0.2) is 9.78 Å². The van der Waals surface area contributed by atoms with E-state index in [-0.39, 0.29) is 35.8 Å². The van der Waals surface area contributed by atoms with Crippen LogP contribution < -0.4 is 5.32 Å². The number of carboxylic acids is 1. The van der Waals surface area contributed by atoms with Crippen molar-refractivity contribution in [2.75, 3.05) is 21.1 Å². The molecule has 2 N–H and O–H groups in total. The van der Waals surface area contributed by atoms with Crippen molar-refractivity contribution in [3.8, 4) is 0 Å². The van der Waals surface area contributed by atoms with Crippen LogP contribution >= 0.6 is 11.3 Å². The second-order valence-electron chi connectivity index (χ2n) is 11.3. The lowest BCUT2D eigenvalue weighted by Gasteiger charge is -2.40. The van der Waals surface area contributed by atoms with Crippen LogP contribution in [0.5, 0.6) is 0 Å². The first-order chi connectivity index (χ1) is 19.6. The molecule has 1 heterocycles. The molecule has 0 aliphatic heterocycles.